The zero-order chi connectivity index (χ0) is 23.0. The molecule has 1 atom stereocenters. The van der Waals surface area contributed by atoms with Crippen LogP contribution in [0.2, 0.25) is 0 Å². The van der Waals surface area contributed by atoms with Gasteiger partial charge in [-0.2, -0.15) is 5.10 Å². The van der Waals surface area contributed by atoms with Crippen LogP contribution in [0.4, 0.5) is 5.69 Å². The summed E-state index contributed by atoms with van der Waals surface area (Å²) >= 11 is 1.36. The Kier molecular flexibility index (Phi) is 7.78. The number of aryl methyl sites for hydroxylation is 1. The number of carbonyl (C=O) groups is 1. The number of rotatable bonds is 8. The van der Waals surface area contributed by atoms with Gasteiger partial charge in [0.25, 0.3) is 5.91 Å². The number of amides is 1. The van der Waals surface area contributed by atoms with Crippen LogP contribution < -0.4 is 10.7 Å². The highest BCUT2D eigenvalue weighted by Crippen LogP contribution is 2.23. The Bertz CT molecular complexity index is 1090. The van der Waals surface area contributed by atoms with Crippen molar-refractivity contribution in [3.63, 3.8) is 0 Å². The molecular formula is C25H30N6OS. The van der Waals surface area contributed by atoms with E-state index in [1.165, 1.54) is 23.7 Å². The molecular weight excluding hydrogens is 432 g/mol. The minimum Gasteiger partial charge on any atom is -0.378 e. The maximum absolute atomic E-state index is 12.4. The van der Waals surface area contributed by atoms with Gasteiger partial charge in [0, 0.05) is 17.1 Å². The third-order valence-electron chi connectivity index (χ3n) is 5.76. The van der Waals surface area contributed by atoms with Gasteiger partial charge in [0.1, 0.15) is 0 Å². The lowest BCUT2D eigenvalue weighted by Gasteiger charge is -2.19. The van der Waals surface area contributed by atoms with Crippen molar-refractivity contribution < 1.29 is 4.79 Å². The second-order valence-electron chi connectivity index (χ2n) is 8.36. The highest BCUT2D eigenvalue weighted by Gasteiger charge is 2.18. The molecule has 2 aromatic carbocycles. The number of anilines is 1. The monoisotopic (exact) mass is 462 g/mol. The Morgan fingerprint density at radius 2 is 1.91 bits per heavy atom. The van der Waals surface area contributed by atoms with Crippen molar-refractivity contribution in [2.24, 2.45) is 11.0 Å². The Morgan fingerprint density at radius 3 is 2.67 bits per heavy atom. The summed E-state index contributed by atoms with van der Waals surface area (Å²) in [6.45, 7) is 4.76. The molecule has 1 heterocycles. The Balaban J connectivity index is 1.44. The third kappa shape index (κ3) is 6.22. The number of hydrogen-bond acceptors (Lipinski definition) is 6. The molecule has 1 aromatic heterocycles. The zero-order valence-electron chi connectivity index (χ0n) is 19.1. The minimum absolute atomic E-state index is 0.132. The van der Waals surface area contributed by atoms with Crippen LogP contribution in [0.3, 0.4) is 0 Å². The molecule has 172 valence electrons. The van der Waals surface area contributed by atoms with Crippen molar-refractivity contribution in [3.05, 3.63) is 66.0 Å². The van der Waals surface area contributed by atoms with Gasteiger partial charge >= 0.3 is 0 Å². The summed E-state index contributed by atoms with van der Waals surface area (Å²) in [5.74, 6) is 1.31. The fraction of sp³-hybridized carbons (Fsp3) is 0.360. The molecule has 1 fully saturated rings. The second kappa shape index (κ2) is 11.1. The molecule has 1 aliphatic carbocycles. The molecule has 3 aromatic rings. The van der Waals surface area contributed by atoms with Gasteiger partial charge < -0.3 is 5.32 Å². The largest absolute Gasteiger partial charge is 0.378 e. The van der Waals surface area contributed by atoms with Crippen LogP contribution in [0.15, 0.2) is 64.9 Å². The fourth-order valence-corrected chi connectivity index (χ4v) is 4.59. The molecule has 0 spiro atoms. The van der Waals surface area contributed by atoms with E-state index in [1.807, 2.05) is 47.0 Å². The van der Waals surface area contributed by atoms with E-state index in [-0.39, 0.29) is 11.7 Å². The van der Waals surface area contributed by atoms with Crippen LogP contribution in [0, 0.1) is 12.8 Å². The first kappa shape index (κ1) is 23.0. The van der Waals surface area contributed by atoms with Crippen molar-refractivity contribution in [2.75, 3.05) is 11.1 Å². The molecule has 33 heavy (non-hydrogen) atoms. The van der Waals surface area contributed by atoms with E-state index in [0.717, 1.165) is 42.2 Å². The molecule has 4 rings (SSSR count). The lowest BCUT2D eigenvalue weighted by atomic mass is 9.89. The summed E-state index contributed by atoms with van der Waals surface area (Å²) in [6.07, 6.45) is 4.49. The summed E-state index contributed by atoms with van der Waals surface area (Å²) < 4.78 is 1.99. The van der Waals surface area contributed by atoms with Gasteiger partial charge in [-0.05, 0) is 56.4 Å². The summed E-state index contributed by atoms with van der Waals surface area (Å²) in [7, 11) is 0. The number of para-hydroxylation sites is 1. The van der Waals surface area contributed by atoms with Gasteiger partial charge in [-0.15, -0.1) is 10.2 Å². The van der Waals surface area contributed by atoms with E-state index >= 15 is 0 Å². The summed E-state index contributed by atoms with van der Waals surface area (Å²) in [6, 6.07) is 18.2. The fourth-order valence-electron chi connectivity index (χ4n) is 3.83. The molecule has 7 nitrogen and oxygen atoms in total. The molecule has 8 heteroatoms. The molecule has 0 aliphatic heterocycles. The summed E-state index contributed by atoms with van der Waals surface area (Å²) in [5, 5.41) is 17.2. The van der Waals surface area contributed by atoms with Crippen molar-refractivity contribution >= 4 is 29.1 Å². The van der Waals surface area contributed by atoms with Gasteiger partial charge in [-0.1, -0.05) is 61.0 Å². The number of aromatic nitrogens is 3. The average Bonchev–Trinajstić information content (AvgIpc) is 3.25. The van der Waals surface area contributed by atoms with E-state index < -0.39 is 0 Å². The predicted molar refractivity (Wildman–Crippen MR) is 134 cm³/mol. The number of hydrazone groups is 1. The molecule has 2 N–H and O–H groups in total. The minimum atomic E-state index is -0.132. The van der Waals surface area contributed by atoms with Crippen LogP contribution in [0.5, 0.6) is 0 Å². The number of thioether (sulfide) groups is 1. The molecule has 0 bridgehead atoms. The molecule has 0 unspecified atom stereocenters. The van der Waals surface area contributed by atoms with Crippen molar-refractivity contribution in [1.82, 2.24) is 20.2 Å². The molecule has 1 saturated carbocycles. The van der Waals surface area contributed by atoms with E-state index in [1.54, 1.807) is 0 Å². The smallest absolute Gasteiger partial charge is 0.250 e. The normalized spacial score (nSPS) is 17.2. The number of nitrogens with one attached hydrogen (secondary N) is 2. The molecule has 0 radical (unpaired) electrons. The SMILES string of the molecule is Cc1ccc(NCc2nnc(SCC(=O)NN=C3CCCC[C@H]3C)n2-c2ccccc2)cc1. The zero-order valence-corrected chi connectivity index (χ0v) is 19.9. The highest BCUT2D eigenvalue weighted by molar-refractivity contribution is 7.99. The van der Waals surface area contributed by atoms with Gasteiger partial charge in [0.2, 0.25) is 0 Å². The summed E-state index contributed by atoms with van der Waals surface area (Å²) in [4.78, 5) is 12.4. The highest BCUT2D eigenvalue weighted by atomic mass is 32.2. The number of carbonyl (C=O) groups excluding carboxylic acids is 1. The quantitative estimate of drug-likeness (QED) is 0.365. The van der Waals surface area contributed by atoms with Crippen LogP contribution in [0.1, 0.15) is 44.0 Å². The Hall–Kier alpha value is -3.13. The van der Waals surface area contributed by atoms with E-state index in [4.69, 9.17) is 0 Å². The van der Waals surface area contributed by atoms with E-state index in [0.29, 0.717) is 17.6 Å². The lowest BCUT2D eigenvalue weighted by Crippen LogP contribution is -2.25. The number of hydrogen-bond donors (Lipinski definition) is 2. The first-order valence-corrected chi connectivity index (χ1v) is 12.4. The number of nitrogens with zero attached hydrogens (tertiary/aromatic N) is 4. The number of benzene rings is 2. The second-order valence-corrected chi connectivity index (χ2v) is 9.31. The third-order valence-corrected chi connectivity index (χ3v) is 6.69. The van der Waals surface area contributed by atoms with Crippen LogP contribution in [-0.2, 0) is 11.3 Å². The van der Waals surface area contributed by atoms with Crippen molar-refractivity contribution in [2.45, 2.75) is 51.2 Å². The molecule has 1 aliphatic rings. The van der Waals surface area contributed by atoms with Crippen molar-refractivity contribution in [1.29, 1.82) is 0 Å². The van der Waals surface area contributed by atoms with E-state index in [2.05, 4.69) is 52.0 Å². The van der Waals surface area contributed by atoms with Gasteiger partial charge in [0.05, 0.1) is 12.3 Å². The maximum atomic E-state index is 12.4. The first-order valence-electron chi connectivity index (χ1n) is 11.4. The van der Waals surface area contributed by atoms with E-state index in [9.17, 15) is 4.79 Å². The van der Waals surface area contributed by atoms with Crippen molar-refractivity contribution in [3.8, 4) is 5.69 Å². The van der Waals surface area contributed by atoms with Crippen LogP contribution in [-0.4, -0.2) is 32.1 Å². The van der Waals surface area contributed by atoms with Gasteiger partial charge in [0.15, 0.2) is 11.0 Å². The van der Waals surface area contributed by atoms with Crippen LogP contribution in [0.25, 0.3) is 5.69 Å². The Morgan fingerprint density at radius 1 is 1.12 bits per heavy atom. The standard InChI is InChI=1S/C25H30N6OS/c1-18-12-14-20(15-13-18)26-16-23-28-30-25(31(23)21-9-4-3-5-10-21)33-17-24(32)29-27-22-11-7-6-8-19(22)2/h3-5,9-10,12-15,19,26H,6-8,11,16-17H2,1-2H3,(H,29,32)/t19-/m1/s1. The Labute approximate surface area is 199 Å². The predicted octanol–water partition coefficient (Wildman–Crippen LogP) is 4.96. The van der Waals surface area contributed by atoms with Gasteiger partial charge in [-0.3, -0.25) is 9.36 Å². The lowest BCUT2D eigenvalue weighted by molar-refractivity contribution is -0.118. The van der Waals surface area contributed by atoms with Crippen LogP contribution >= 0.6 is 11.8 Å². The first-order chi connectivity index (χ1) is 16.1. The molecule has 0 saturated heterocycles. The average molecular weight is 463 g/mol. The summed E-state index contributed by atoms with van der Waals surface area (Å²) in [5.41, 5.74) is 7.02. The topological polar surface area (TPSA) is 84.2 Å². The molecule has 1 amide bonds. The van der Waals surface area contributed by atoms with Gasteiger partial charge in [-0.25, -0.2) is 5.43 Å². The maximum Gasteiger partial charge on any atom is 0.250 e.